The van der Waals surface area contributed by atoms with Crippen LogP contribution in [0.5, 0.6) is 0 Å². The smallest absolute Gasteiger partial charge is 0.249 e. The van der Waals surface area contributed by atoms with E-state index in [0.29, 0.717) is 12.8 Å². The van der Waals surface area contributed by atoms with Crippen LogP contribution in [0.1, 0.15) is 226 Å². The van der Waals surface area contributed by atoms with E-state index in [1.54, 1.807) is 0 Å². The molecule has 11 N–H and O–H groups in total. The third-order valence-electron chi connectivity index (χ3n) is 14.2. The second-order valence-electron chi connectivity index (χ2n) is 20.4. The van der Waals surface area contributed by atoms with Gasteiger partial charge in [-0.1, -0.05) is 213 Å². The van der Waals surface area contributed by atoms with Crippen LogP contribution in [0.2, 0.25) is 0 Å². The summed E-state index contributed by atoms with van der Waals surface area (Å²) in [5.74, 6) is -0.761. The maximum Gasteiger partial charge on any atom is 0.249 e. The summed E-state index contributed by atoms with van der Waals surface area (Å²) >= 11 is 0. The van der Waals surface area contributed by atoms with Crippen molar-refractivity contribution in [3.8, 4) is 0 Å². The van der Waals surface area contributed by atoms with E-state index in [-0.39, 0.29) is 12.8 Å². The van der Waals surface area contributed by atoms with Crippen LogP contribution in [0.15, 0.2) is 0 Å². The van der Waals surface area contributed by atoms with Gasteiger partial charge in [0.05, 0.1) is 32.0 Å². The number of nitrogens with one attached hydrogen (secondary N) is 1. The first kappa shape index (κ1) is 64.0. The van der Waals surface area contributed by atoms with E-state index in [1.807, 2.05) is 0 Å². The molecule has 0 unspecified atom stereocenters. The molecule has 0 saturated carbocycles. The van der Waals surface area contributed by atoms with Crippen LogP contribution in [0.3, 0.4) is 0 Å². The minimum Gasteiger partial charge on any atom is -0.394 e. The number of carbonyl (C=O) groups is 1. The number of ether oxygens (including phenoxy) is 4. The number of aliphatic hydroxyl groups excluding tert-OH is 10. The van der Waals surface area contributed by atoms with Crippen LogP contribution >= 0.6 is 0 Å². The maximum atomic E-state index is 13.4. The molecule has 2 heterocycles. The van der Waals surface area contributed by atoms with Gasteiger partial charge in [-0.05, 0) is 12.8 Å². The molecule has 69 heavy (non-hydrogen) atoms. The number of aliphatic hydroxyl groups is 10. The van der Waals surface area contributed by atoms with Gasteiger partial charge in [0.25, 0.3) is 0 Å². The Morgan fingerprint density at radius 1 is 0.522 bits per heavy atom. The zero-order valence-corrected chi connectivity index (χ0v) is 43.1. The molecule has 1 amide bonds. The first-order chi connectivity index (χ1) is 33.4. The highest BCUT2D eigenvalue weighted by Crippen LogP contribution is 2.31. The third kappa shape index (κ3) is 26.6. The van der Waals surface area contributed by atoms with Gasteiger partial charge in [-0.15, -0.1) is 0 Å². The van der Waals surface area contributed by atoms with Gasteiger partial charge < -0.3 is 75.3 Å². The summed E-state index contributed by atoms with van der Waals surface area (Å²) in [6.45, 7) is 2.38. The molecule has 0 aromatic carbocycles. The van der Waals surface area contributed by atoms with Crippen LogP contribution in [-0.2, 0) is 23.7 Å². The fourth-order valence-corrected chi connectivity index (χ4v) is 9.60. The second-order valence-corrected chi connectivity index (χ2v) is 20.4. The molecule has 2 rings (SSSR count). The Morgan fingerprint density at radius 3 is 1.36 bits per heavy atom. The Morgan fingerprint density at radius 2 is 0.942 bits per heavy atom. The fraction of sp³-hybridized carbons (Fsp3) is 0.981. The largest absolute Gasteiger partial charge is 0.394 e. The first-order valence-corrected chi connectivity index (χ1v) is 28.0. The Hall–Kier alpha value is -1.09. The van der Waals surface area contributed by atoms with E-state index in [2.05, 4.69) is 19.2 Å². The third-order valence-corrected chi connectivity index (χ3v) is 14.2. The van der Waals surface area contributed by atoms with Crippen LogP contribution in [0.4, 0.5) is 0 Å². The Labute approximate surface area is 416 Å². The molecule has 0 aliphatic carbocycles. The SMILES string of the molecule is CCCCCCCCCCCCCCCCCCCCC[C@@H](O)C(=O)N[C@@H](CO[C@H]1O[C@H](CO)[C@H](O)[C@H](O[C@@H]2O[C@@H]([C@H](O)CO)[C@H](O)[C@H]2O)[C@H]1O)[C@H](O)[C@H](O)CCCCCCCCCCCCCC. The quantitative estimate of drug-likeness (QED) is 0.0308. The van der Waals surface area contributed by atoms with Crippen LogP contribution < -0.4 is 5.32 Å². The Bertz CT molecular complexity index is 1210. The van der Waals surface area contributed by atoms with E-state index in [0.717, 1.165) is 44.9 Å². The standard InChI is InChI=1S/C53H103NO15/c1-3-5-7-9-11-13-15-17-18-19-20-21-22-23-25-27-29-31-33-35-41(58)51(65)54-39(44(60)40(57)34-32-30-28-26-24-16-14-12-10-8-6-4-2)38-66-52-48(64)50(45(61)43(37-56)67-52)69-53-47(63)46(62)49(68-53)42(59)36-55/h39-50,52-53,55-64H,3-38H2,1-2H3,(H,54,65)/t39-,40+,41+,42+,43+,44-,45-,46+,47+,48+,49-,50-,52-,53-/m0/s1. The number of unbranched alkanes of at least 4 members (excludes halogenated alkanes) is 29. The number of carbonyl (C=O) groups excluding carboxylic acids is 1. The predicted molar refractivity (Wildman–Crippen MR) is 266 cm³/mol. The molecule has 410 valence electrons. The summed E-state index contributed by atoms with van der Waals surface area (Å²) < 4.78 is 22.6. The average Bonchev–Trinajstić information content (AvgIpc) is 3.63. The topological polar surface area (TPSA) is 268 Å². The monoisotopic (exact) mass is 994 g/mol. The molecule has 0 bridgehead atoms. The van der Waals surface area contributed by atoms with Gasteiger partial charge in [0.15, 0.2) is 12.6 Å². The van der Waals surface area contributed by atoms with Crippen molar-refractivity contribution >= 4 is 5.91 Å². The Balaban J connectivity index is 1.87. The fourth-order valence-electron chi connectivity index (χ4n) is 9.60. The molecule has 2 aliphatic rings. The van der Waals surface area contributed by atoms with Gasteiger partial charge in [-0.2, -0.15) is 0 Å². The lowest BCUT2D eigenvalue weighted by molar-refractivity contribution is -0.332. The van der Waals surface area contributed by atoms with Crippen LogP contribution in [0, 0.1) is 0 Å². The lowest BCUT2D eigenvalue weighted by atomic mass is 9.98. The van der Waals surface area contributed by atoms with Crippen molar-refractivity contribution in [1.29, 1.82) is 0 Å². The van der Waals surface area contributed by atoms with E-state index in [4.69, 9.17) is 18.9 Å². The highest BCUT2D eigenvalue weighted by atomic mass is 16.7. The van der Waals surface area contributed by atoms with Crippen LogP contribution in [-0.4, -0.2) is 163 Å². The van der Waals surface area contributed by atoms with Crippen molar-refractivity contribution in [2.24, 2.45) is 0 Å². The molecular weight excluding hydrogens is 891 g/mol. The van der Waals surface area contributed by atoms with Crippen LogP contribution in [0.25, 0.3) is 0 Å². The Kier molecular flexibility index (Phi) is 37.4. The molecular formula is C53H103NO15. The molecule has 0 aromatic heterocycles. The molecule has 0 radical (unpaired) electrons. The van der Waals surface area contributed by atoms with Crippen molar-refractivity contribution in [2.75, 3.05) is 19.8 Å². The minimum atomic E-state index is -1.82. The number of amides is 1. The normalized spacial score (nSPS) is 26.2. The summed E-state index contributed by atoms with van der Waals surface area (Å²) in [4.78, 5) is 13.4. The molecule has 0 aromatic rings. The summed E-state index contributed by atoms with van der Waals surface area (Å²) in [6.07, 6.45) is 17.0. The highest BCUT2D eigenvalue weighted by Gasteiger charge is 2.52. The summed E-state index contributed by atoms with van der Waals surface area (Å²) in [5.41, 5.74) is 0. The number of rotatable bonds is 45. The zero-order valence-electron chi connectivity index (χ0n) is 43.1. The molecule has 16 nitrogen and oxygen atoms in total. The summed E-state index contributed by atoms with van der Waals surface area (Å²) in [7, 11) is 0. The van der Waals surface area contributed by atoms with Gasteiger partial charge in [-0.3, -0.25) is 4.79 Å². The molecule has 0 spiro atoms. The molecule has 16 heteroatoms. The number of hydrogen-bond acceptors (Lipinski definition) is 15. The summed E-state index contributed by atoms with van der Waals surface area (Å²) in [6, 6.07) is -1.28. The van der Waals surface area contributed by atoms with Crippen molar-refractivity contribution < 1.29 is 74.8 Å². The van der Waals surface area contributed by atoms with Gasteiger partial charge in [0, 0.05) is 0 Å². The van der Waals surface area contributed by atoms with E-state index in [1.165, 1.54) is 141 Å². The highest BCUT2D eigenvalue weighted by molar-refractivity contribution is 5.80. The second kappa shape index (κ2) is 40.3. The lowest BCUT2D eigenvalue weighted by Crippen LogP contribution is -2.62. The average molecular weight is 994 g/mol. The van der Waals surface area contributed by atoms with Gasteiger partial charge in [0.2, 0.25) is 5.91 Å². The zero-order chi connectivity index (χ0) is 50.7. The van der Waals surface area contributed by atoms with E-state index < -0.39 is 111 Å². The predicted octanol–water partition coefficient (Wildman–Crippen LogP) is 6.11. The van der Waals surface area contributed by atoms with Crippen molar-refractivity contribution in [2.45, 2.75) is 312 Å². The van der Waals surface area contributed by atoms with Crippen molar-refractivity contribution in [3.05, 3.63) is 0 Å². The first-order valence-electron chi connectivity index (χ1n) is 28.0. The van der Waals surface area contributed by atoms with E-state index >= 15 is 0 Å². The molecule has 2 saturated heterocycles. The summed E-state index contributed by atoms with van der Waals surface area (Å²) in [5, 5.41) is 109. The lowest BCUT2D eigenvalue weighted by Gasteiger charge is -2.43. The molecule has 2 fully saturated rings. The van der Waals surface area contributed by atoms with E-state index in [9.17, 15) is 55.9 Å². The van der Waals surface area contributed by atoms with Gasteiger partial charge >= 0.3 is 0 Å². The minimum absolute atomic E-state index is 0.204. The van der Waals surface area contributed by atoms with Crippen molar-refractivity contribution in [3.63, 3.8) is 0 Å². The maximum absolute atomic E-state index is 13.4. The number of hydrogen-bond donors (Lipinski definition) is 11. The van der Waals surface area contributed by atoms with Gasteiger partial charge in [0.1, 0.15) is 61.0 Å². The molecule has 2 aliphatic heterocycles. The van der Waals surface area contributed by atoms with Crippen molar-refractivity contribution in [1.82, 2.24) is 5.32 Å². The molecule has 14 atom stereocenters. The van der Waals surface area contributed by atoms with Gasteiger partial charge in [-0.25, -0.2) is 0 Å².